The fourth-order valence-electron chi connectivity index (χ4n) is 1.47. The van der Waals surface area contributed by atoms with Gasteiger partial charge in [-0.15, -0.1) is 0 Å². The van der Waals surface area contributed by atoms with Crippen LogP contribution in [-0.2, 0) is 14.3 Å². The molecule has 1 rings (SSSR count). The summed E-state index contributed by atoms with van der Waals surface area (Å²) in [6.07, 6.45) is 1.51. The molecule has 1 aromatic rings. The molecule has 0 aliphatic rings. The maximum absolute atomic E-state index is 11.6. The minimum atomic E-state index is -1.11. The molecule has 23 heavy (non-hydrogen) atoms. The van der Waals surface area contributed by atoms with Crippen molar-refractivity contribution in [1.82, 2.24) is 10.6 Å². The lowest BCUT2D eigenvalue weighted by molar-refractivity contribution is -0.149. The Labute approximate surface area is 143 Å². The van der Waals surface area contributed by atoms with Gasteiger partial charge in [-0.1, -0.05) is 29.3 Å². The number of carbonyl (C=O) groups excluding carboxylic acids is 3. The Morgan fingerprint density at radius 2 is 1.96 bits per heavy atom. The summed E-state index contributed by atoms with van der Waals surface area (Å²) in [5, 5.41) is 5.21. The van der Waals surface area contributed by atoms with Gasteiger partial charge < -0.3 is 10.1 Å². The fourth-order valence-corrected chi connectivity index (χ4v) is 1.77. The molecule has 124 valence electrons. The van der Waals surface area contributed by atoms with Crippen LogP contribution in [0.25, 0.3) is 6.08 Å². The lowest BCUT2D eigenvalue weighted by Crippen LogP contribution is -2.44. The standard InChI is InChI=1S/C15H16Cl2N2O4/c1-3-18-15(22)19-14(21)9(2)23-13(20)7-5-10-4-6-11(16)12(17)8-10/h4-9H,3H2,1-2H3,(H2,18,19,21,22)/b7-5+/t9-/m1/s1. The van der Waals surface area contributed by atoms with Crippen LogP contribution in [0.3, 0.4) is 0 Å². The number of urea groups is 1. The van der Waals surface area contributed by atoms with E-state index in [9.17, 15) is 14.4 Å². The number of hydrogen-bond donors (Lipinski definition) is 2. The molecule has 6 nitrogen and oxygen atoms in total. The first kappa shape index (κ1) is 19.0. The molecular weight excluding hydrogens is 343 g/mol. The van der Waals surface area contributed by atoms with E-state index in [0.717, 1.165) is 6.08 Å². The second-order valence-corrected chi connectivity index (χ2v) is 5.25. The molecule has 8 heteroatoms. The highest BCUT2D eigenvalue weighted by molar-refractivity contribution is 6.42. The number of hydrogen-bond acceptors (Lipinski definition) is 4. The summed E-state index contributed by atoms with van der Waals surface area (Å²) in [5.41, 5.74) is 0.649. The van der Waals surface area contributed by atoms with Crippen LogP contribution in [-0.4, -0.2) is 30.6 Å². The Balaban J connectivity index is 2.54. The molecule has 2 N–H and O–H groups in total. The van der Waals surface area contributed by atoms with Gasteiger partial charge in [-0.2, -0.15) is 0 Å². The smallest absolute Gasteiger partial charge is 0.331 e. The highest BCUT2D eigenvalue weighted by Gasteiger charge is 2.18. The van der Waals surface area contributed by atoms with Gasteiger partial charge in [0, 0.05) is 12.6 Å². The van der Waals surface area contributed by atoms with Gasteiger partial charge in [-0.25, -0.2) is 9.59 Å². The summed E-state index contributed by atoms with van der Waals surface area (Å²) in [7, 11) is 0. The maximum Gasteiger partial charge on any atom is 0.331 e. The summed E-state index contributed by atoms with van der Waals surface area (Å²) in [6, 6.07) is 4.20. The van der Waals surface area contributed by atoms with Crippen molar-refractivity contribution in [2.24, 2.45) is 0 Å². The summed E-state index contributed by atoms with van der Waals surface area (Å²) in [5.74, 6) is -1.44. The van der Waals surface area contributed by atoms with Crippen LogP contribution in [0.15, 0.2) is 24.3 Å². The topological polar surface area (TPSA) is 84.5 Å². The van der Waals surface area contributed by atoms with E-state index in [1.165, 1.54) is 13.0 Å². The Morgan fingerprint density at radius 3 is 2.57 bits per heavy atom. The second kappa shape index (κ2) is 9.17. The summed E-state index contributed by atoms with van der Waals surface area (Å²) >= 11 is 11.6. The van der Waals surface area contributed by atoms with E-state index in [2.05, 4.69) is 10.6 Å². The third-order valence-corrected chi connectivity index (χ3v) is 3.33. The molecule has 0 aliphatic heterocycles. The minimum Gasteiger partial charge on any atom is -0.449 e. The summed E-state index contributed by atoms with van der Waals surface area (Å²) in [4.78, 5) is 34.5. The van der Waals surface area contributed by atoms with Crippen molar-refractivity contribution in [2.45, 2.75) is 20.0 Å². The zero-order valence-corrected chi connectivity index (χ0v) is 14.1. The lowest BCUT2D eigenvalue weighted by atomic mass is 10.2. The molecule has 0 bridgehead atoms. The van der Waals surface area contributed by atoms with Gasteiger partial charge in [0.1, 0.15) is 0 Å². The van der Waals surface area contributed by atoms with Crippen LogP contribution in [0, 0.1) is 0 Å². The average molecular weight is 359 g/mol. The maximum atomic E-state index is 11.6. The highest BCUT2D eigenvalue weighted by Crippen LogP contribution is 2.23. The SMILES string of the molecule is CCNC(=O)NC(=O)[C@@H](C)OC(=O)/C=C/c1ccc(Cl)c(Cl)c1. The van der Waals surface area contributed by atoms with Crippen LogP contribution in [0.5, 0.6) is 0 Å². The molecule has 0 aromatic heterocycles. The van der Waals surface area contributed by atoms with Gasteiger partial charge in [-0.3, -0.25) is 10.1 Å². The minimum absolute atomic E-state index is 0.358. The molecule has 0 fully saturated rings. The third-order valence-electron chi connectivity index (χ3n) is 2.59. The molecule has 0 unspecified atom stereocenters. The fraction of sp³-hybridized carbons (Fsp3) is 0.267. The lowest BCUT2D eigenvalue weighted by Gasteiger charge is -2.11. The molecular formula is C15H16Cl2N2O4. The van der Waals surface area contributed by atoms with Crippen LogP contribution in [0.2, 0.25) is 10.0 Å². The van der Waals surface area contributed by atoms with Gasteiger partial charge >= 0.3 is 12.0 Å². The first-order valence-electron chi connectivity index (χ1n) is 6.76. The molecule has 0 spiro atoms. The Bertz CT molecular complexity index is 632. The van der Waals surface area contributed by atoms with Crippen molar-refractivity contribution in [3.63, 3.8) is 0 Å². The van der Waals surface area contributed by atoms with Crippen LogP contribution in [0.1, 0.15) is 19.4 Å². The largest absolute Gasteiger partial charge is 0.449 e. The number of rotatable bonds is 5. The van der Waals surface area contributed by atoms with Gasteiger partial charge in [0.15, 0.2) is 6.10 Å². The Hall–Kier alpha value is -2.05. The van der Waals surface area contributed by atoms with E-state index in [4.69, 9.17) is 27.9 Å². The van der Waals surface area contributed by atoms with E-state index < -0.39 is 24.0 Å². The molecule has 1 atom stereocenters. The zero-order chi connectivity index (χ0) is 17.4. The summed E-state index contributed by atoms with van der Waals surface area (Å²) < 4.78 is 4.89. The molecule has 0 saturated carbocycles. The van der Waals surface area contributed by atoms with Crippen LogP contribution in [0.4, 0.5) is 4.79 Å². The van der Waals surface area contributed by atoms with Crippen LogP contribution >= 0.6 is 23.2 Å². The first-order chi connectivity index (χ1) is 10.8. The van der Waals surface area contributed by atoms with Crippen molar-refractivity contribution in [3.8, 4) is 0 Å². The van der Waals surface area contributed by atoms with Crippen molar-refractivity contribution < 1.29 is 19.1 Å². The van der Waals surface area contributed by atoms with Gasteiger partial charge in [-0.05, 0) is 37.6 Å². The first-order valence-corrected chi connectivity index (χ1v) is 7.51. The van der Waals surface area contributed by atoms with E-state index >= 15 is 0 Å². The average Bonchev–Trinajstić information content (AvgIpc) is 2.48. The van der Waals surface area contributed by atoms with Gasteiger partial charge in [0.05, 0.1) is 10.0 Å². The molecule has 0 saturated heterocycles. The number of imide groups is 1. The van der Waals surface area contributed by atoms with E-state index in [-0.39, 0.29) is 0 Å². The van der Waals surface area contributed by atoms with Gasteiger partial charge in [0.25, 0.3) is 5.91 Å². The molecule has 3 amide bonds. The molecule has 0 radical (unpaired) electrons. The number of nitrogens with one attached hydrogen (secondary N) is 2. The predicted molar refractivity (Wildman–Crippen MR) is 88.3 cm³/mol. The van der Waals surface area contributed by atoms with Crippen molar-refractivity contribution in [2.75, 3.05) is 6.54 Å². The second-order valence-electron chi connectivity index (χ2n) is 4.43. The monoisotopic (exact) mass is 358 g/mol. The van der Waals surface area contributed by atoms with E-state index in [0.29, 0.717) is 22.2 Å². The third kappa shape index (κ3) is 6.71. The van der Waals surface area contributed by atoms with Crippen molar-refractivity contribution in [1.29, 1.82) is 0 Å². The molecule has 1 aromatic carbocycles. The normalized spacial score (nSPS) is 11.8. The Kier molecular flexibility index (Phi) is 7.57. The number of carbonyl (C=O) groups is 3. The van der Waals surface area contributed by atoms with Gasteiger partial charge in [0.2, 0.25) is 0 Å². The summed E-state index contributed by atoms with van der Waals surface area (Å²) in [6.45, 7) is 3.44. The number of amides is 3. The number of ether oxygens (including phenoxy) is 1. The molecule has 0 heterocycles. The zero-order valence-electron chi connectivity index (χ0n) is 12.6. The predicted octanol–water partition coefficient (Wildman–Crippen LogP) is 2.78. The van der Waals surface area contributed by atoms with Crippen LogP contribution < -0.4 is 10.6 Å². The highest BCUT2D eigenvalue weighted by atomic mass is 35.5. The van der Waals surface area contributed by atoms with Crippen molar-refractivity contribution in [3.05, 3.63) is 39.9 Å². The number of esters is 1. The Morgan fingerprint density at radius 1 is 1.26 bits per heavy atom. The number of halogens is 2. The van der Waals surface area contributed by atoms with E-state index in [1.54, 1.807) is 25.1 Å². The van der Waals surface area contributed by atoms with Crippen molar-refractivity contribution >= 4 is 47.2 Å². The quantitative estimate of drug-likeness (QED) is 0.626. The number of benzene rings is 1. The molecule has 0 aliphatic carbocycles. The van der Waals surface area contributed by atoms with E-state index in [1.807, 2.05) is 0 Å².